The van der Waals surface area contributed by atoms with Gasteiger partial charge in [0, 0.05) is 6.61 Å². The number of allylic oxidation sites excluding steroid dienone is 2. The molecular formula is C12H20O. The summed E-state index contributed by atoms with van der Waals surface area (Å²) < 4.78 is 0. The number of rotatable bonds is 1. The van der Waals surface area contributed by atoms with E-state index in [1.165, 1.54) is 25.7 Å². The number of fused-ring (bicyclic) bond motifs is 1. The van der Waals surface area contributed by atoms with E-state index in [2.05, 4.69) is 26.0 Å². The largest absolute Gasteiger partial charge is 0.396 e. The summed E-state index contributed by atoms with van der Waals surface area (Å²) in [4.78, 5) is 0. The molecule has 2 aliphatic rings. The third-order valence-corrected chi connectivity index (χ3v) is 4.77. The van der Waals surface area contributed by atoms with Gasteiger partial charge in [-0.1, -0.05) is 26.0 Å². The molecule has 74 valence electrons. The number of aliphatic hydroxyl groups is 1. The van der Waals surface area contributed by atoms with Crippen LogP contribution in [0, 0.1) is 16.7 Å². The standard InChI is InChI=1S/C12H20O/c1-11-7-5-3-4-6-8-12(11,2)10(11)9-13/h3-4,10,13H,5-9H2,1-2H3/b4-3-. The molecule has 1 saturated carbocycles. The van der Waals surface area contributed by atoms with Gasteiger partial charge in [-0.15, -0.1) is 0 Å². The predicted octanol–water partition coefficient (Wildman–Crippen LogP) is 2.75. The summed E-state index contributed by atoms with van der Waals surface area (Å²) in [6.45, 7) is 5.09. The van der Waals surface area contributed by atoms with Crippen LogP contribution in [0.15, 0.2) is 12.2 Å². The zero-order chi connectivity index (χ0) is 9.53. The molecule has 1 heteroatoms. The lowest BCUT2D eigenvalue weighted by Crippen LogP contribution is -2.08. The Hall–Kier alpha value is -0.300. The second-order valence-corrected chi connectivity index (χ2v) is 5.12. The summed E-state index contributed by atoms with van der Waals surface area (Å²) in [6, 6.07) is 0. The van der Waals surface area contributed by atoms with Crippen molar-refractivity contribution in [2.45, 2.75) is 39.5 Å². The van der Waals surface area contributed by atoms with Gasteiger partial charge in [-0.2, -0.15) is 0 Å². The van der Waals surface area contributed by atoms with Crippen molar-refractivity contribution >= 4 is 0 Å². The van der Waals surface area contributed by atoms with Crippen LogP contribution in [0.1, 0.15) is 39.5 Å². The Kier molecular flexibility index (Phi) is 2.03. The van der Waals surface area contributed by atoms with Crippen LogP contribution in [0.2, 0.25) is 0 Å². The molecule has 0 amide bonds. The fourth-order valence-electron chi connectivity index (χ4n) is 3.40. The van der Waals surface area contributed by atoms with Gasteiger partial charge < -0.3 is 5.11 Å². The molecule has 0 heterocycles. The highest BCUT2D eigenvalue weighted by molar-refractivity contribution is 5.18. The topological polar surface area (TPSA) is 20.2 Å². The maximum absolute atomic E-state index is 9.33. The molecule has 1 N–H and O–H groups in total. The normalized spacial score (nSPS) is 51.8. The van der Waals surface area contributed by atoms with E-state index < -0.39 is 0 Å². The number of hydrogen-bond donors (Lipinski definition) is 1. The van der Waals surface area contributed by atoms with E-state index in [9.17, 15) is 5.11 Å². The van der Waals surface area contributed by atoms with E-state index in [-0.39, 0.29) is 0 Å². The van der Waals surface area contributed by atoms with Crippen LogP contribution in [0.4, 0.5) is 0 Å². The Bertz CT molecular complexity index is 211. The van der Waals surface area contributed by atoms with Crippen molar-refractivity contribution in [2.75, 3.05) is 6.61 Å². The molecule has 0 aromatic heterocycles. The molecule has 2 rings (SSSR count). The van der Waals surface area contributed by atoms with Gasteiger partial charge in [-0.25, -0.2) is 0 Å². The van der Waals surface area contributed by atoms with Crippen LogP contribution in [0.5, 0.6) is 0 Å². The summed E-state index contributed by atoms with van der Waals surface area (Å²) in [6.07, 6.45) is 9.51. The SMILES string of the molecule is CC12CC/C=C\CCC1(C)C2CO. The Labute approximate surface area is 80.8 Å². The Balaban J connectivity index is 2.17. The minimum absolute atomic E-state index is 0.382. The highest BCUT2D eigenvalue weighted by atomic mass is 16.3. The lowest BCUT2D eigenvalue weighted by molar-refractivity contribution is 0.244. The summed E-state index contributed by atoms with van der Waals surface area (Å²) in [7, 11) is 0. The van der Waals surface area contributed by atoms with E-state index in [0.29, 0.717) is 23.4 Å². The minimum atomic E-state index is 0.382. The first kappa shape index (κ1) is 9.26. The molecule has 0 aromatic rings. The Morgan fingerprint density at radius 1 is 1.15 bits per heavy atom. The monoisotopic (exact) mass is 180 g/mol. The highest BCUT2D eigenvalue weighted by Gasteiger charge is 2.68. The third-order valence-electron chi connectivity index (χ3n) is 4.77. The molecule has 0 bridgehead atoms. The Morgan fingerprint density at radius 3 is 2.00 bits per heavy atom. The second kappa shape index (κ2) is 2.84. The fraction of sp³-hybridized carbons (Fsp3) is 0.833. The van der Waals surface area contributed by atoms with Crippen LogP contribution < -0.4 is 0 Å². The van der Waals surface area contributed by atoms with Gasteiger partial charge in [0.1, 0.15) is 0 Å². The molecule has 0 aliphatic heterocycles. The van der Waals surface area contributed by atoms with Crippen molar-refractivity contribution in [3.8, 4) is 0 Å². The third kappa shape index (κ3) is 1.10. The zero-order valence-corrected chi connectivity index (χ0v) is 8.71. The minimum Gasteiger partial charge on any atom is -0.396 e. The first-order valence-electron chi connectivity index (χ1n) is 5.41. The second-order valence-electron chi connectivity index (χ2n) is 5.12. The maximum atomic E-state index is 9.33. The van der Waals surface area contributed by atoms with E-state index in [1.807, 2.05) is 0 Å². The first-order chi connectivity index (χ1) is 6.15. The van der Waals surface area contributed by atoms with Gasteiger partial charge in [0.15, 0.2) is 0 Å². The zero-order valence-electron chi connectivity index (χ0n) is 8.71. The smallest absolute Gasteiger partial charge is 0.0470 e. The average molecular weight is 180 g/mol. The molecule has 1 fully saturated rings. The number of aliphatic hydroxyl groups excluding tert-OH is 1. The van der Waals surface area contributed by atoms with Crippen LogP contribution in [0.25, 0.3) is 0 Å². The summed E-state index contributed by atoms with van der Waals surface area (Å²) in [5.74, 6) is 0.555. The van der Waals surface area contributed by atoms with Crippen LogP contribution in [0.3, 0.4) is 0 Å². The van der Waals surface area contributed by atoms with E-state index in [0.717, 1.165) is 0 Å². The van der Waals surface area contributed by atoms with Crippen molar-refractivity contribution < 1.29 is 5.11 Å². The molecular weight excluding hydrogens is 160 g/mol. The fourth-order valence-corrected chi connectivity index (χ4v) is 3.40. The van der Waals surface area contributed by atoms with Gasteiger partial charge in [0.2, 0.25) is 0 Å². The highest BCUT2D eigenvalue weighted by Crippen LogP contribution is 2.73. The lowest BCUT2D eigenvalue weighted by Gasteiger charge is -2.18. The van der Waals surface area contributed by atoms with Crippen molar-refractivity contribution in [1.29, 1.82) is 0 Å². The summed E-state index contributed by atoms with van der Waals surface area (Å²) in [5, 5.41) is 9.33. The molecule has 2 atom stereocenters. The molecule has 0 radical (unpaired) electrons. The van der Waals surface area contributed by atoms with Crippen LogP contribution in [-0.2, 0) is 0 Å². The first-order valence-corrected chi connectivity index (χ1v) is 5.41. The van der Waals surface area contributed by atoms with Gasteiger partial charge in [-0.3, -0.25) is 0 Å². The van der Waals surface area contributed by atoms with Gasteiger partial charge >= 0.3 is 0 Å². The summed E-state index contributed by atoms with van der Waals surface area (Å²) in [5.41, 5.74) is 0.846. The molecule has 0 saturated heterocycles. The molecule has 2 aliphatic carbocycles. The van der Waals surface area contributed by atoms with Crippen LogP contribution in [-0.4, -0.2) is 11.7 Å². The molecule has 13 heavy (non-hydrogen) atoms. The molecule has 1 nitrogen and oxygen atoms in total. The van der Waals surface area contributed by atoms with E-state index >= 15 is 0 Å². The number of hydrogen-bond acceptors (Lipinski definition) is 1. The maximum Gasteiger partial charge on any atom is 0.0470 e. The quantitative estimate of drug-likeness (QED) is 0.615. The average Bonchev–Trinajstić information content (AvgIpc) is 2.51. The molecule has 0 spiro atoms. The summed E-state index contributed by atoms with van der Waals surface area (Å²) >= 11 is 0. The van der Waals surface area contributed by atoms with Crippen molar-refractivity contribution in [2.24, 2.45) is 16.7 Å². The van der Waals surface area contributed by atoms with Gasteiger partial charge in [0.05, 0.1) is 0 Å². The van der Waals surface area contributed by atoms with Crippen molar-refractivity contribution in [1.82, 2.24) is 0 Å². The molecule has 0 aromatic carbocycles. The van der Waals surface area contributed by atoms with E-state index in [4.69, 9.17) is 0 Å². The molecule has 2 unspecified atom stereocenters. The van der Waals surface area contributed by atoms with Gasteiger partial charge in [0.25, 0.3) is 0 Å². The Morgan fingerprint density at radius 2 is 1.62 bits per heavy atom. The lowest BCUT2D eigenvalue weighted by atomic mass is 9.86. The van der Waals surface area contributed by atoms with Gasteiger partial charge in [-0.05, 0) is 42.4 Å². The van der Waals surface area contributed by atoms with Crippen LogP contribution >= 0.6 is 0 Å². The van der Waals surface area contributed by atoms with Crippen molar-refractivity contribution in [3.63, 3.8) is 0 Å². The predicted molar refractivity (Wildman–Crippen MR) is 54.4 cm³/mol. The van der Waals surface area contributed by atoms with Crippen molar-refractivity contribution in [3.05, 3.63) is 12.2 Å². The van der Waals surface area contributed by atoms with E-state index in [1.54, 1.807) is 0 Å².